The maximum atomic E-state index is 10.1. The highest BCUT2D eigenvalue weighted by Gasteiger charge is 2.59. The minimum absolute atomic E-state index is 0.0924. The van der Waals surface area contributed by atoms with E-state index < -0.39 is 0 Å². The Kier molecular flexibility index (Phi) is 4.35. The lowest BCUT2D eigenvalue weighted by atomic mass is 9.47. The first-order valence-electron chi connectivity index (χ1n) is 10.7. The normalized spacial score (nSPS) is 50.0. The zero-order chi connectivity index (χ0) is 17.8. The first kappa shape index (κ1) is 17.7. The third-order valence-corrected chi connectivity index (χ3v) is 9.28. The zero-order valence-corrected chi connectivity index (χ0v) is 16.4. The third kappa shape index (κ3) is 2.55. The van der Waals surface area contributed by atoms with Crippen molar-refractivity contribution in [1.29, 1.82) is 0 Å². The van der Waals surface area contributed by atoms with Gasteiger partial charge in [-0.3, -0.25) is 0 Å². The maximum Gasteiger partial charge on any atom is 0.0577 e. The van der Waals surface area contributed by atoms with Gasteiger partial charge in [-0.25, -0.2) is 0 Å². The molecule has 4 aliphatic rings. The van der Waals surface area contributed by atoms with Crippen LogP contribution in [0.5, 0.6) is 0 Å². The molecule has 3 fully saturated rings. The Morgan fingerprint density at radius 3 is 2.76 bits per heavy atom. The molecule has 0 aromatic heterocycles. The Bertz CT molecular complexity index is 598. The quantitative estimate of drug-likeness (QED) is 0.513. The van der Waals surface area contributed by atoms with Crippen molar-refractivity contribution in [2.75, 3.05) is 0 Å². The van der Waals surface area contributed by atoms with Gasteiger partial charge in [0.1, 0.15) is 0 Å². The van der Waals surface area contributed by atoms with Crippen LogP contribution in [0.1, 0.15) is 78.6 Å². The lowest BCUT2D eigenvalue weighted by Crippen LogP contribution is -2.50. The van der Waals surface area contributed by atoms with Crippen molar-refractivity contribution in [3.63, 3.8) is 0 Å². The van der Waals surface area contributed by atoms with Crippen LogP contribution in [-0.2, 0) is 0 Å². The predicted octanol–water partition coefficient (Wildman–Crippen LogP) is 5.59. The van der Waals surface area contributed by atoms with Gasteiger partial charge in [-0.05, 0) is 91.8 Å². The van der Waals surface area contributed by atoms with Gasteiger partial charge in [0.15, 0.2) is 0 Å². The summed E-state index contributed by atoms with van der Waals surface area (Å²) in [6.07, 6.45) is 19.0. The van der Waals surface area contributed by atoms with Crippen molar-refractivity contribution in [1.82, 2.24) is 0 Å². The topological polar surface area (TPSA) is 20.2 Å². The second-order valence-corrected chi connectivity index (χ2v) is 10.3. The van der Waals surface area contributed by atoms with E-state index in [4.69, 9.17) is 6.42 Å². The Morgan fingerprint density at radius 1 is 1.20 bits per heavy atom. The molecule has 4 rings (SSSR count). The van der Waals surface area contributed by atoms with Crippen molar-refractivity contribution in [3.05, 3.63) is 11.6 Å². The van der Waals surface area contributed by atoms with Crippen LogP contribution in [0.3, 0.4) is 0 Å². The maximum absolute atomic E-state index is 10.1. The standard InChI is InChI=1S/C24H36O/c1-5-6-16(2)20-9-10-21-19-8-7-17-15-18(25)11-13-23(17,3)22(19)12-14-24(20,21)4/h1,7,16,18-22,25H,6,8-15H2,2-4H3. The molecule has 138 valence electrons. The van der Waals surface area contributed by atoms with E-state index >= 15 is 0 Å². The summed E-state index contributed by atoms with van der Waals surface area (Å²) >= 11 is 0. The second-order valence-electron chi connectivity index (χ2n) is 10.3. The molecule has 1 nitrogen and oxygen atoms in total. The Labute approximate surface area is 154 Å². The summed E-state index contributed by atoms with van der Waals surface area (Å²) in [6.45, 7) is 7.52. The van der Waals surface area contributed by atoms with Gasteiger partial charge < -0.3 is 5.11 Å². The van der Waals surface area contributed by atoms with Crippen LogP contribution in [0.15, 0.2) is 11.6 Å². The molecule has 0 aliphatic heterocycles. The SMILES string of the molecule is C#CCC(C)C1CCC2C3CC=C4CC(O)CCC4(C)C3CCC12C. The molecule has 3 saturated carbocycles. The molecule has 0 spiro atoms. The van der Waals surface area contributed by atoms with Gasteiger partial charge in [0.2, 0.25) is 0 Å². The molecule has 4 aliphatic carbocycles. The number of aliphatic hydroxyl groups excluding tert-OH is 1. The van der Waals surface area contributed by atoms with Gasteiger partial charge in [-0.15, -0.1) is 12.3 Å². The Hall–Kier alpha value is -0.740. The van der Waals surface area contributed by atoms with Crippen LogP contribution < -0.4 is 0 Å². The number of hydrogen-bond acceptors (Lipinski definition) is 1. The molecule has 0 aromatic carbocycles. The van der Waals surface area contributed by atoms with Gasteiger partial charge in [0.05, 0.1) is 6.10 Å². The number of hydrogen-bond donors (Lipinski definition) is 1. The van der Waals surface area contributed by atoms with Crippen LogP contribution >= 0.6 is 0 Å². The molecule has 0 heterocycles. The molecule has 8 unspecified atom stereocenters. The fourth-order valence-corrected chi connectivity index (χ4v) is 7.95. The van der Waals surface area contributed by atoms with Crippen molar-refractivity contribution in [2.45, 2.75) is 84.7 Å². The van der Waals surface area contributed by atoms with Gasteiger partial charge >= 0.3 is 0 Å². The summed E-state index contributed by atoms with van der Waals surface area (Å²) < 4.78 is 0. The molecule has 0 radical (unpaired) electrons. The minimum atomic E-state index is -0.0924. The Balaban J connectivity index is 1.61. The van der Waals surface area contributed by atoms with Crippen LogP contribution in [-0.4, -0.2) is 11.2 Å². The molecular formula is C24H36O. The van der Waals surface area contributed by atoms with E-state index in [0.717, 1.165) is 42.9 Å². The minimum Gasteiger partial charge on any atom is -0.393 e. The summed E-state index contributed by atoms with van der Waals surface area (Å²) in [5.41, 5.74) is 2.46. The molecule has 1 heteroatoms. The average Bonchev–Trinajstić information content (AvgIpc) is 2.93. The molecule has 8 atom stereocenters. The highest BCUT2D eigenvalue weighted by atomic mass is 16.3. The summed E-state index contributed by atoms with van der Waals surface area (Å²) in [5.74, 6) is 7.02. The largest absolute Gasteiger partial charge is 0.393 e. The van der Waals surface area contributed by atoms with E-state index in [9.17, 15) is 5.11 Å². The van der Waals surface area contributed by atoms with Crippen LogP contribution in [0, 0.1) is 52.8 Å². The molecule has 0 amide bonds. The van der Waals surface area contributed by atoms with E-state index in [1.54, 1.807) is 5.57 Å². The number of fused-ring (bicyclic) bond motifs is 5. The van der Waals surface area contributed by atoms with Gasteiger partial charge in [-0.2, -0.15) is 0 Å². The van der Waals surface area contributed by atoms with Crippen molar-refractivity contribution in [2.24, 2.45) is 40.4 Å². The van der Waals surface area contributed by atoms with Gasteiger partial charge in [-0.1, -0.05) is 32.4 Å². The van der Waals surface area contributed by atoms with Crippen LogP contribution in [0.4, 0.5) is 0 Å². The number of rotatable bonds is 2. The molecule has 1 N–H and O–H groups in total. The van der Waals surface area contributed by atoms with E-state index in [-0.39, 0.29) is 6.10 Å². The van der Waals surface area contributed by atoms with Crippen LogP contribution in [0.25, 0.3) is 0 Å². The highest BCUT2D eigenvalue weighted by molar-refractivity contribution is 5.25. The summed E-state index contributed by atoms with van der Waals surface area (Å²) in [7, 11) is 0. The summed E-state index contributed by atoms with van der Waals surface area (Å²) in [6, 6.07) is 0. The number of terminal acetylenes is 1. The molecule has 0 bridgehead atoms. The predicted molar refractivity (Wildman–Crippen MR) is 104 cm³/mol. The fraction of sp³-hybridized carbons (Fsp3) is 0.833. The second kappa shape index (κ2) is 6.16. The van der Waals surface area contributed by atoms with Crippen molar-refractivity contribution in [3.8, 4) is 12.3 Å². The van der Waals surface area contributed by atoms with Crippen molar-refractivity contribution < 1.29 is 5.11 Å². The molecular weight excluding hydrogens is 304 g/mol. The monoisotopic (exact) mass is 340 g/mol. The number of allylic oxidation sites excluding steroid dienone is 1. The molecule has 0 saturated heterocycles. The van der Waals surface area contributed by atoms with Crippen molar-refractivity contribution >= 4 is 0 Å². The fourth-order valence-electron chi connectivity index (χ4n) is 7.95. The van der Waals surface area contributed by atoms with E-state index in [0.29, 0.717) is 16.7 Å². The summed E-state index contributed by atoms with van der Waals surface area (Å²) in [5, 5.41) is 10.1. The number of aliphatic hydroxyl groups is 1. The zero-order valence-electron chi connectivity index (χ0n) is 16.4. The molecule has 0 aromatic rings. The lowest BCUT2D eigenvalue weighted by molar-refractivity contribution is -0.0563. The molecule has 25 heavy (non-hydrogen) atoms. The van der Waals surface area contributed by atoms with Gasteiger partial charge in [0, 0.05) is 6.42 Å². The van der Waals surface area contributed by atoms with Crippen LogP contribution in [0.2, 0.25) is 0 Å². The average molecular weight is 341 g/mol. The lowest BCUT2D eigenvalue weighted by Gasteiger charge is -2.58. The first-order valence-corrected chi connectivity index (χ1v) is 10.7. The highest BCUT2D eigenvalue weighted by Crippen LogP contribution is 2.67. The van der Waals surface area contributed by atoms with Gasteiger partial charge in [0.25, 0.3) is 0 Å². The van der Waals surface area contributed by atoms with E-state index in [1.807, 2.05) is 0 Å². The van der Waals surface area contributed by atoms with E-state index in [1.165, 1.54) is 38.5 Å². The first-order chi connectivity index (χ1) is 11.9. The third-order valence-electron chi connectivity index (χ3n) is 9.28. The summed E-state index contributed by atoms with van der Waals surface area (Å²) in [4.78, 5) is 0. The smallest absolute Gasteiger partial charge is 0.0577 e. The van der Waals surface area contributed by atoms with E-state index in [2.05, 4.69) is 32.8 Å². The Morgan fingerprint density at radius 2 is 2.00 bits per heavy atom.